The van der Waals surface area contributed by atoms with E-state index in [9.17, 15) is 4.79 Å². The minimum Gasteiger partial charge on any atom is -0.357 e. The second kappa shape index (κ2) is 4.46. The third kappa shape index (κ3) is 2.05. The van der Waals surface area contributed by atoms with Crippen molar-refractivity contribution in [3.63, 3.8) is 0 Å². The molecule has 0 spiro atoms. The van der Waals surface area contributed by atoms with E-state index in [2.05, 4.69) is 15.3 Å². The number of hydrogen-bond acceptors (Lipinski definition) is 3. The number of aromatic nitrogens is 3. The highest BCUT2D eigenvalue weighted by Crippen LogP contribution is 2.20. The lowest BCUT2D eigenvalue weighted by molar-refractivity contribution is -0.123. The number of nitrogens with one attached hydrogen (secondary N) is 2. The van der Waals surface area contributed by atoms with Gasteiger partial charge in [-0.1, -0.05) is 11.6 Å². The predicted molar refractivity (Wildman–Crippen MR) is 68.7 cm³/mol. The number of carbonyl (C=O) groups is 1. The molecule has 7 heteroatoms. The van der Waals surface area contributed by atoms with Crippen LogP contribution in [-0.2, 0) is 4.79 Å². The number of carbonyl (C=O) groups excluding carboxylic acids is 1. The van der Waals surface area contributed by atoms with E-state index < -0.39 is 6.04 Å². The summed E-state index contributed by atoms with van der Waals surface area (Å²) in [5.41, 5.74) is 1.34. The quantitative estimate of drug-likeness (QED) is 0.821. The van der Waals surface area contributed by atoms with Crippen molar-refractivity contribution in [2.45, 2.75) is 13.0 Å². The maximum atomic E-state index is 11.6. The van der Waals surface area contributed by atoms with Crippen molar-refractivity contribution in [3.8, 4) is 0 Å². The lowest BCUT2D eigenvalue weighted by Gasteiger charge is -2.11. The topological polar surface area (TPSA) is 62.7 Å². The lowest BCUT2D eigenvalue weighted by Crippen LogP contribution is -2.27. The van der Waals surface area contributed by atoms with Crippen molar-refractivity contribution in [2.75, 3.05) is 7.05 Å². The van der Waals surface area contributed by atoms with E-state index in [4.69, 9.17) is 23.8 Å². The number of H-pyrrole nitrogens is 1. The molecule has 2 aromatic rings. The Bertz CT molecular complexity index is 633. The summed E-state index contributed by atoms with van der Waals surface area (Å²) >= 11 is 11.0. The molecule has 0 aromatic carbocycles. The predicted octanol–water partition coefficient (Wildman–Crippen LogP) is 2.05. The van der Waals surface area contributed by atoms with Gasteiger partial charge in [-0.25, -0.2) is 4.98 Å². The van der Waals surface area contributed by atoms with Gasteiger partial charge in [-0.05, 0) is 25.2 Å². The molecular formula is C10H11ClN4OS. The third-order valence-corrected chi connectivity index (χ3v) is 3.04. The summed E-state index contributed by atoms with van der Waals surface area (Å²) in [4.78, 5) is 18.8. The van der Waals surface area contributed by atoms with E-state index in [0.717, 1.165) is 5.52 Å². The van der Waals surface area contributed by atoms with E-state index in [1.807, 2.05) is 0 Å². The molecule has 90 valence electrons. The molecule has 1 amide bonds. The number of pyridine rings is 1. The number of likely N-dealkylation sites (N-methyl/N-ethyl adjacent to an activating group) is 1. The smallest absolute Gasteiger partial charge is 0.242 e. The average Bonchev–Trinajstić information content (AvgIpc) is 2.62. The number of imidazole rings is 1. The molecule has 0 aliphatic rings. The van der Waals surface area contributed by atoms with Crippen LogP contribution in [0.4, 0.5) is 0 Å². The Kier molecular flexibility index (Phi) is 3.17. The standard InChI is InChI=1S/C10H11ClN4OS/c1-5(9(16)12-2)15-8-7(14-10(15)17)3-6(11)4-13-8/h3-5H,1-2H3,(H,12,16)(H,14,17). The monoisotopic (exact) mass is 270 g/mol. The number of halogens is 1. The van der Waals surface area contributed by atoms with E-state index >= 15 is 0 Å². The molecule has 5 nitrogen and oxygen atoms in total. The van der Waals surface area contributed by atoms with Gasteiger partial charge >= 0.3 is 0 Å². The first-order valence-electron chi connectivity index (χ1n) is 5.02. The zero-order chi connectivity index (χ0) is 12.6. The SMILES string of the molecule is CNC(=O)C(C)n1c(=S)[nH]c2cc(Cl)cnc21. The molecule has 0 radical (unpaired) electrons. The lowest BCUT2D eigenvalue weighted by atomic mass is 10.3. The molecule has 0 saturated carbocycles. The molecule has 1 atom stereocenters. The van der Waals surface area contributed by atoms with Crippen LogP contribution in [0.1, 0.15) is 13.0 Å². The fourth-order valence-corrected chi connectivity index (χ4v) is 2.19. The van der Waals surface area contributed by atoms with E-state index in [0.29, 0.717) is 15.4 Å². The van der Waals surface area contributed by atoms with Crippen molar-refractivity contribution < 1.29 is 4.79 Å². The van der Waals surface area contributed by atoms with Gasteiger partial charge in [-0.2, -0.15) is 0 Å². The van der Waals surface area contributed by atoms with Crippen molar-refractivity contribution in [2.24, 2.45) is 0 Å². The molecule has 1 unspecified atom stereocenters. The fraction of sp³-hybridized carbons (Fsp3) is 0.300. The number of hydrogen-bond donors (Lipinski definition) is 2. The second-order valence-electron chi connectivity index (χ2n) is 3.62. The first kappa shape index (κ1) is 12.1. The van der Waals surface area contributed by atoms with Gasteiger partial charge in [-0.3, -0.25) is 9.36 Å². The molecule has 0 aliphatic heterocycles. The average molecular weight is 271 g/mol. The summed E-state index contributed by atoms with van der Waals surface area (Å²) in [6, 6.07) is 1.31. The number of amides is 1. The van der Waals surface area contributed by atoms with Crippen molar-refractivity contribution in [3.05, 3.63) is 22.1 Å². The van der Waals surface area contributed by atoms with Gasteiger partial charge in [0.15, 0.2) is 10.4 Å². The molecule has 0 aliphatic carbocycles. The third-order valence-electron chi connectivity index (χ3n) is 2.54. The first-order valence-corrected chi connectivity index (χ1v) is 5.80. The summed E-state index contributed by atoms with van der Waals surface area (Å²) in [5.74, 6) is -0.126. The summed E-state index contributed by atoms with van der Waals surface area (Å²) in [7, 11) is 1.58. The van der Waals surface area contributed by atoms with Crippen LogP contribution in [-0.4, -0.2) is 27.5 Å². The Labute approximate surface area is 108 Å². The molecule has 2 heterocycles. The maximum Gasteiger partial charge on any atom is 0.242 e. The highest BCUT2D eigenvalue weighted by atomic mass is 35.5. The molecule has 17 heavy (non-hydrogen) atoms. The first-order chi connectivity index (χ1) is 8.04. The Morgan fingerprint density at radius 2 is 2.41 bits per heavy atom. The molecule has 0 bridgehead atoms. The van der Waals surface area contributed by atoms with E-state index in [1.54, 1.807) is 24.6 Å². The van der Waals surface area contributed by atoms with Crippen molar-refractivity contribution in [1.29, 1.82) is 0 Å². The van der Waals surface area contributed by atoms with E-state index in [-0.39, 0.29) is 5.91 Å². The summed E-state index contributed by atoms with van der Waals surface area (Å²) < 4.78 is 2.12. The molecule has 2 aromatic heterocycles. The number of fused-ring (bicyclic) bond motifs is 1. The van der Waals surface area contributed by atoms with Crippen LogP contribution < -0.4 is 5.32 Å². The Morgan fingerprint density at radius 1 is 1.71 bits per heavy atom. The van der Waals surface area contributed by atoms with Crippen LogP contribution in [0.3, 0.4) is 0 Å². The van der Waals surface area contributed by atoms with Gasteiger partial charge < -0.3 is 10.3 Å². The van der Waals surface area contributed by atoms with Crippen molar-refractivity contribution >= 4 is 40.9 Å². The maximum absolute atomic E-state index is 11.6. The zero-order valence-electron chi connectivity index (χ0n) is 9.32. The number of rotatable bonds is 2. The van der Waals surface area contributed by atoms with Gasteiger partial charge in [0, 0.05) is 13.2 Å². The van der Waals surface area contributed by atoms with Gasteiger partial charge in [-0.15, -0.1) is 0 Å². The molecule has 0 saturated heterocycles. The summed E-state index contributed by atoms with van der Waals surface area (Å²) in [6.45, 7) is 1.76. The van der Waals surface area contributed by atoms with Crippen LogP contribution in [0.5, 0.6) is 0 Å². The number of aromatic amines is 1. The molecule has 2 N–H and O–H groups in total. The van der Waals surface area contributed by atoms with Crippen molar-refractivity contribution in [1.82, 2.24) is 19.9 Å². The van der Waals surface area contributed by atoms with Crippen LogP contribution in [0, 0.1) is 4.77 Å². The number of nitrogens with zero attached hydrogens (tertiary/aromatic N) is 2. The van der Waals surface area contributed by atoms with Gasteiger partial charge in [0.1, 0.15) is 6.04 Å². The van der Waals surface area contributed by atoms with E-state index in [1.165, 1.54) is 6.20 Å². The molecule has 0 fully saturated rings. The van der Waals surface area contributed by atoms with Gasteiger partial charge in [0.05, 0.1) is 10.5 Å². The minimum absolute atomic E-state index is 0.126. The highest BCUT2D eigenvalue weighted by molar-refractivity contribution is 7.71. The summed E-state index contributed by atoms with van der Waals surface area (Å²) in [5, 5.41) is 3.10. The second-order valence-corrected chi connectivity index (χ2v) is 4.44. The van der Waals surface area contributed by atoms with Crippen LogP contribution >= 0.6 is 23.8 Å². The fourth-order valence-electron chi connectivity index (χ4n) is 1.67. The highest BCUT2D eigenvalue weighted by Gasteiger charge is 2.18. The molecular weight excluding hydrogens is 260 g/mol. The summed E-state index contributed by atoms with van der Waals surface area (Å²) in [6.07, 6.45) is 1.53. The van der Waals surface area contributed by atoms with Gasteiger partial charge in [0.25, 0.3) is 0 Å². The van der Waals surface area contributed by atoms with Crippen LogP contribution in [0.15, 0.2) is 12.3 Å². The minimum atomic E-state index is -0.421. The zero-order valence-corrected chi connectivity index (χ0v) is 10.9. The van der Waals surface area contributed by atoms with Crippen LogP contribution in [0.2, 0.25) is 5.02 Å². The van der Waals surface area contributed by atoms with Gasteiger partial charge in [0.2, 0.25) is 5.91 Å². The molecule has 2 rings (SSSR count). The largest absolute Gasteiger partial charge is 0.357 e. The Morgan fingerprint density at radius 3 is 3.06 bits per heavy atom. The normalized spacial score (nSPS) is 12.6. The van der Waals surface area contributed by atoms with Crippen LogP contribution in [0.25, 0.3) is 11.2 Å². The Hall–Kier alpha value is -1.40. The Balaban J connectivity index is 2.65.